The number of halogens is 1. The number of nitrogens with one attached hydrogen (secondary N) is 2. The molecule has 0 bridgehead atoms. The summed E-state index contributed by atoms with van der Waals surface area (Å²) in [4.78, 5) is 0. The van der Waals surface area contributed by atoms with Gasteiger partial charge in [-0.05, 0) is 50.7 Å². The molecule has 0 amide bonds. The lowest BCUT2D eigenvalue weighted by Crippen LogP contribution is -2.30. The predicted molar refractivity (Wildman–Crippen MR) is 76.3 cm³/mol. The van der Waals surface area contributed by atoms with Crippen LogP contribution < -0.4 is 10.6 Å². The molecule has 0 aliphatic rings. The molecule has 2 N–H and O–H groups in total. The Labute approximate surface area is 113 Å². The van der Waals surface area contributed by atoms with Gasteiger partial charge in [-0.15, -0.1) is 0 Å². The second-order valence-electron chi connectivity index (χ2n) is 4.16. The summed E-state index contributed by atoms with van der Waals surface area (Å²) >= 11 is 5.09. The Hall–Kier alpha value is -1.20. The molecule has 0 saturated carbocycles. The molecular weight excluding hydrogens is 251 g/mol. The van der Waals surface area contributed by atoms with Gasteiger partial charge in [0.1, 0.15) is 5.82 Å². The summed E-state index contributed by atoms with van der Waals surface area (Å²) in [5.74, 6) is -0.284. The maximum Gasteiger partial charge on any atom is 0.170 e. The molecule has 1 rings (SSSR count). The standard InChI is InChI=1S/C13H19FN2OS/c1-10(2)17-8-4-7-15-13(18)16-12-6-3-5-11(14)9-12/h3,5-6,9-10H,4,7-8H2,1-2H3,(H2,15,16,18). The van der Waals surface area contributed by atoms with E-state index in [0.717, 1.165) is 13.0 Å². The van der Waals surface area contributed by atoms with Gasteiger partial charge in [0.2, 0.25) is 0 Å². The first-order valence-corrected chi connectivity index (χ1v) is 6.41. The third kappa shape index (κ3) is 6.51. The third-order valence-electron chi connectivity index (χ3n) is 2.14. The van der Waals surface area contributed by atoms with E-state index in [4.69, 9.17) is 17.0 Å². The summed E-state index contributed by atoms with van der Waals surface area (Å²) < 4.78 is 18.3. The molecule has 0 unspecified atom stereocenters. The zero-order chi connectivity index (χ0) is 13.4. The van der Waals surface area contributed by atoms with E-state index in [2.05, 4.69) is 10.6 Å². The van der Waals surface area contributed by atoms with Gasteiger partial charge in [0.25, 0.3) is 0 Å². The van der Waals surface area contributed by atoms with Crippen molar-refractivity contribution in [2.75, 3.05) is 18.5 Å². The largest absolute Gasteiger partial charge is 0.379 e. The van der Waals surface area contributed by atoms with Crippen LogP contribution in [0.25, 0.3) is 0 Å². The van der Waals surface area contributed by atoms with E-state index in [1.54, 1.807) is 12.1 Å². The highest BCUT2D eigenvalue weighted by Gasteiger charge is 1.99. The molecule has 0 fully saturated rings. The zero-order valence-corrected chi connectivity index (χ0v) is 11.5. The van der Waals surface area contributed by atoms with E-state index >= 15 is 0 Å². The Kier molecular flexibility index (Phi) is 6.60. The summed E-state index contributed by atoms with van der Waals surface area (Å²) in [6.45, 7) is 5.44. The van der Waals surface area contributed by atoms with Crippen LogP contribution in [0.5, 0.6) is 0 Å². The molecule has 1 aromatic carbocycles. The van der Waals surface area contributed by atoms with Gasteiger partial charge in [0, 0.05) is 18.8 Å². The Bertz CT molecular complexity index is 385. The second-order valence-corrected chi connectivity index (χ2v) is 4.57. The molecule has 100 valence electrons. The van der Waals surface area contributed by atoms with Crippen molar-refractivity contribution >= 4 is 23.0 Å². The number of anilines is 1. The number of hydrogen-bond acceptors (Lipinski definition) is 2. The molecular formula is C13H19FN2OS. The van der Waals surface area contributed by atoms with E-state index in [1.807, 2.05) is 13.8 Å². The summed E-state index contributed by atoms with van der Waals surface area (Å²) in [6.07, 6.45) is 1.13. The molecule has 0 spiro atoms. The van der Waals surface area contributed by atoms with Crippen LogP contribution in [0.1, 0.15) is 20.3 Å². The average molecular weight is 270 g/mol. The van der Waals surface area contributed by atoms with Gasteiger partial charge in [-0.3, -0.25) is 0 Å². The van der Waals surface area contributed by atoms with Crippen LogP contribution in [-0.2, 0) is 4.74 Å². The number of rotatable bonds is 6. The first-order chi connectivity index (χ1) is 8.58. The molecule has 1 aromatic rings. The van der Waals surface area contributed by atoms with Crippen molar-refractivity contribution in [3.8, 4) is 0 Å². The minimum Gasteiger partial charge on any atom is -0.379 e. The highest BCUT2D eigenvalue weighted by Crippen LogP contribution is 2.08. The molecule has 0 radical (unpaired) electrons. The number of ether oxygens (including phenoxy) is 1. The zero-order valence-electron chi connectivity index (χ0n) is 10.7. The molecule has 0 saturated heterocycles. The van der Waals surface area contributed by atoms with Crippen LogP contribution in [0.2, 0.25) is 0 Å². The maximum absolute atomic E-state index is 12.9. The van der Waals surface area contributed by atoms with Crippen molar-refractivity contribution in [3.63, 3.8) is 0 Å². The van der Waals surface area contributed by atoms with Crippen molar-refractivity contribution in [1.29, 1.82) is 0 Å². The van der Waals surface area contributed by atoms with Crippen molar-refractivity contribution in [3.05, 3.63) is 30.1 Å². The lowest BCUT2D eigenvalue weighted by molar-refractivity contribution is 0.0777. The quantitative estimate of drug-likeness (QED) is 0.615. The van der Waals surface area contributed by atoms with E-state index in [9.17, 15) is 4.39 Å². The normalized spacial score (nSPS) is 10.4. The maximum atomic E-state index is 12.9. The smallest absolute Gasteiger partial charge is 0.170 e. The average Bonchev–Trinajstić information content (AvgIpc) is 2.28. The van der Waals surface area contributed by atoms with Gasteiger partial charge in [-0.1, -0.05) is 6.07 Å². The fourth-order valence-electron chi connectivity index (χ4n) is 1.33. The van der Waals surface area contributed by atoms with Gasteiger partial charge in [0.05, 0.1) is 6.10 Å². The van der Waals surface area contributed by atoms with Gasteiger partial charge in [0.15, 0.2) is 5.11 Å². The van der Waals surface area contributed by atoms with Crippen molar-refractivity contribution in [2.24, 2.45) is 0 Å². The fraction of sp³-hybridized carbons (Fsp3) is 0.462. The van der Waals surface area contributed by atoms with Gasteiger partial charge >= 0.3 is 0 Å². The highest BCUT2D eigenvalue weighted by molar-refractivity contribution is 7.80. The van der Waals surface area contributed by atoms with E-state index in [1.165, 1.54) is 12.1 Å². The minimum atomic E-state index is -0.284. The predicted octanol–water partition coefficient (Wildman–Crippen LogP) is 2.93. The Morgan fingerprint density at radius 3 is 2.89 bits per heavy atom. The van der Waals surface area contributed by atoms with Gasteiger partial charge < -0.3 is 15.4 Å². The molecule has 0 aromatic heterocycles. The molecule has 0 aliphatic carbocycles. The SMILES string of the molecule is CC(C)OCCCNC(=S)Nc1cccc(F)c1. The Balaban J connectivity index is 2.18. The molecule has 5 heteroatoms. The minimum absolute atomic E-state index is 0.252. The lowest BCUT2D eigenvalue weighted by Gasteiger charge is -2.11. The van der Waals surface area contributed by atoms with E-state index < -0.39 is 0 Å². The number of benzene rings is 1. The third-order valence-corrected chi connectivity index (χ3v) is 2.39. The van der Waals surface area contributed by atoms with Crippen LogP contribution in [0, 0.1) is 5.82 Å². The lowest BCUT2D eigenvalue weighted by atomic mass is 10.3. The van der Waals surface area contributed by atoms with Crippen LogP contribution >= 0.6 is 12.2 Å². The topological polar surface area (TPSA) is 33.3 Å². The first-order valence-electron chi connectivity index (χ1n) is 6.00. The summed E-state index contributed by atoms with van der Waals surface area (Å²) in [6, 6.07) is 6.19. The van der Waals surface area contributed by atoms with E-state index in [-0.39, 0.29) is 11.9 Å². The van der Waals surface area contributed by atoms with Crippen LogP contribution in [0.4, 0.5) is 10.1 Å². The molecule has 0 atom stereocenters. The van der Waals surface area contributed by atoms with Crippen LogP contribution in [-0.4, -0.2) is 24.4 Å². The van der Waals surface area contributed by atoms with Crippen molar-refractivity contribution in [1.82, 2.24) is 5.32 Å². The van der Waals surface area contributed by atoms with Crippen molar-refractivity contribution in [2.45, 2.75) is 26.4 Å². The molecule has 0 aliphatic heterocycles. The number of hydrogen-bond donors (Lipinski definition) is 2. The van der Waals surface area contributed by atoms with Gasteiger partial charge in [-0.25, -0.2) is 4.39 Å². The second kappa shape index (κ2) is 8.00. The van der Waals surface area contributed by atoms with E-state index in [0.29, 0.717) is 17.4 Å². The first kappa shape index (κ1) is 14.9. The van der Waals surface area contributed by atoms with Crippen LogP contribution in [0.15, 0.2) is 24.3 Å². The molecule has 18 heavy (non-hydrogen) atoms. The van der Waals surface area contributed by atoms with Gasteiger partial charge in [-0.2, -0.15) is 0 Å². The summed E-state index contributed by atoms with van der Waals surface area (Å²) in [7, 11) is 0. The Morgan fingerprint density at radius 2 is 2.22 bits per heavy atom. The fourth-order valence-corrected chi connectivity index (χ4v) is 1.55. The number of thiocarbonyl (C=S) groups is 1. The van der Waals surface area contributed by atoms with Crippen molar-refractivity contribution < 1.29 is 9.13 Å². The Morgan fingerprint density at radius 1 is 1.44 bits per heavy atom. The summed E-state index contributed by atoms with van der Waals surface area (Å²) in [5.41, 5.74) is 0.644. The van der Waals surface area contributed by atoms with Crippen LogP contribution in [0.3, 0.4) is 0 Å². The summed E-state index contributed by atoms with van der Waals surface area (Å²) in [5, 5.41) is 6.46. The highest BCUT2D eigenvalue weighted by atomic mass is 32.1. The monoisotopic (exact) mass is 270 g/mol. The molecule has 0 heterocycles. The molecule has 3 nitrogen and oxygen atoms in total.